The Hall–Kier alpha value is -2.37. The Balaban J connectivity index is 2.22. The Kier molecular flexibility index (Phi) is 2.78. The van der Waals surface area contributed by atoms with Crippen LogP contribution in [0.5, 0.6) is 0 Å². The fraction of sp³-hybridized carbons (Fsp3) is 0.182. The Morgan fingerprint density at radius 2 is 2.00 bits per heavy atom. The number of nitrogens with two attached hydrogens (primary N) is 1. The van der Waals surface area contributed by atoms with E-state index in [1.807, 2.05) is 30.3 Å². The van der Waals surface area contributed by atoms with Crippen molar-refractivity contribution >= 4 is 5.91 Å². The predicted molar refractivity (Wildman–Crippen MR) is 59.8 cm³/mol. The standard InChI is InChI=1S/C11H11N3O3/c12-11-9(14(16)17)6-10(15)13(11)7-8-4-2-1-3-5-8/h1-5H,6-7,12H2. The van der Waals surface area contributed by atoms with E-state index >= 15 is 0 Å². The number of amides is 1. The highest BCUT2D eigenvalue weighted by Crippen LogP contribution is 2.22. The van der Waals surface area contributed by atoms with Crippen molar-refractivity contribution in [2.75, 3.05) is 0 Å². The SMILES string of the molecule is NC1=C([N+](=O)[O-])CC(=O)N1Cc1ccccc1. The summed E-state index contributed by atoms with van der Waals surface area (Å²) in [5.74, 6) is -0.387. The summed E-state index contributed by atoms with van der Waals surface area (Å²) in [7, 11) is 0. The molecule has 17 heavy (non-hydrogen) atoms. The van der Waals surface area contributed by atoms with E-state index in [2.05, 4.69) is 0 Å². The maximum atomic E-state index is 11.6. The lowest BCUT2D eigenvalue weighted by molar-refractivity contribution is -0.427. The van der Waals surface area contributed by atoms with E-state index in [1.54, 1.807) is 0 Å². The molecule has 0 aromatic heterocycles. The molecule has 1 aromatic carbocycles. The van der Waals surface area contributed by atoms with Crippen molar-refractivity contribution in [3.05, 3.63) is 57.5 Å². The fourth-order valence-corrected chi connectivity index (χ4v) is 1.72. The van der Waals surface area contributed by atoms with Gasteiger partial charge in [-0.1, -0.05) is 30.3 Å². The van der Waals surface area contributed by atoms with Crippen LogP contribution >= 0.6 is 0 Å². The van der Waals surface area contributed by atoms with Gasteiger partial charge in [-0.2, -0.15) is 0 Å². The predicted octanol–water partition coefficient (Wildman–Crippen LogP) is 0.823. The molecule has 0 bridgehead atoms. The molecule has 0 aliphatic carbocycles. The zero-order valence-corrected chi connectivity index (χ0v) is 9.00. The Morgan fingerprint density at radius 1 is 1.35 bits per heavy atom. The molecular weight excluding hydrogens is 222 g/mol. The van der Waals surface area contributed by atoms with Crippen molar-refractivity contribution in [2.45, 2.75) is 13.0 Å². The molecule has 1 aromatic rings. The Bertz CT molecular complexity index is 496. The lowest BCUT2D eigenvalue weighted by Crippen LogP contribution is -2.28. The molecule has 2 N–H and O–H groups in total. The number of nitro groups is 1. The zero-order valence-electron chi connectivity index (χ0n) is 9.00. The van der Waals surface area contributed by atoms with Crippen LogP contribution in [0.2, 0.25) is 0 Å². The van der Waals surface area contributed by atoms with Crippen molar-refractivity contribution in [1.82, 2.24) is 4.90 Å². The molecule has 0 spiro atoms. The van der Waals surface area contributed by atoms with Crippen LogP contribution in [0.25, 0.3) is 0 Å². The lowest BCUT2D eigenvalue weighted by Gasteiger charge is -2.15. The summed E-state index contributed by atoms with van der Waals surface area (Å²) in [4.78, 5) is 22.9. The van der Waals surface area contributed by atoms with Crippen LogP contribution in [0, 0.1) is 10.1 Å². The third-order valence-corrected chi connectivity index (χ3v) is 2.61. The van der Waals surface area contributed by atoms with E-state index in [0.717, 1.165) is 5.56 Å². The van der Waals surface area contributed by atoms with Crippen molar-refractivity contribution < 1.29 is 9.72 Å². The number of benzene rings is 1. The molecule has 0 fully saturated rings. The van der Waals surface area contributed by atoms with Crippen LogP contribution in [0.15, 0.2) is 41.8 Å². The summed E-state index contributed by atoms with van der Waals surface area (Å²) in [5.41, 5.74) is 6.27. The van der Waals surface area contributed by atoms with Gasteiger partial charge in [0.1, 0.15) is 6.42 Å². The first-order chi connectivity index (χ1) is 8.09. The molecule has 0 atom stereocenters. The van der Waals surface area contributed by atoms with E-state index in [0.29, 0.717) is 0 Å². The van der Waals surface area contributed by atoms with Gasteiger partial charge in [-0.3, -0.25) is 19.8 Å². The molecule has 1 aliphatic heterocycles. The van der Waals surface area contributed by atoms with E-state index in [4.69, 9.17) is 5.73 Å². The van der Waals surface area contributed by atoms with Crippen LogP contribution < -0.4 is 5.73 Å². The monoisotopic (exact) mass is 233 g/mol. The molecule has 0 saturated heterocycles. The maximum Gasteiger partial charge on any atom is 0.295 e. The second-order valence-electron chi connectivity index (χ2n) is 3.73. The third-order valence-electron chi connectivity index (χ3n) is 2.61. The molecule has 1 heterocycles. The normalized spacial score (nSPS) is 15.5. The largest absolute Gasteiger partial charge is 0.380 e. The fourth-order valence-electron chi connectivity index (χ4n) is 1.72. The van der Waals surface area contributed by atoms with Gasteiger partial charge in [0.25, 0.3) is 5.70 Å². The van der Waals surface area contributed by atoms with Crippen LogP contribution in [0.4, 0.5) is 0 Å². The molecule has 2 rings (SSSR count). The molecule has 6 nitrogen and oxygen atoms in total. The first kappa shape index (κ1) is 11.1. The summed E-state index contributed by atoms with van der Waals surface area (Å²) in [6.07, 6.45) is -0.230. The third kappa shape index (κ3) is 2.10. The average molecular weight is 233 g/mol. The van der Waals surface area contributed by atoms with Crippen LogP contribution in [0.1, 0.15) is 12.0 Å². The molecule has 0 saturated carbocycles. The zero-order chi connectivity index (χ0) is 12.4. The molecule has 6 heteroatoms. The average Bonchev–Trinajstić information content (AvgIpc) is 2.58. The number of carbonyl (C=O) groups is 1. The van der Waals surface area contributed by atoms with Gasteiger partial charge < -0.3 is 5.73 Å². The minimum absolute atomic E-state index is 0.0520. The van der Waals surface area contributed by atoms with Crippen LogP contribution in [-0.4, -0.2) is 15.7 Å². The molecule has 0 unspecified atom stereocenters. The quantitative estimate of drug-likeness (QED) is 0.618. The second-order valence-corrected chi connectivity index (χ2v) is 3.73. The van der Waals surface area contributed by atoms with Crippen LogP contribution in [0.3, 0.4) is 0 Å². The van der Waals surface area contributed by atoms with E-state index in [-0.39, 0.29) is 30.4 Å². The van der Waals surface area contributed by atoms with Crippen molar-refractivity contribution in [3.8, 4) is 0 Å². The number of carbonyl (C=O) groups excluding carboxylic acids is 1. The number of rotatable bonds is 3. The van der Waals surface area contributed by atoms with E-state index in [9.17, 15) is 14.9 Å². The van der Waals surface area contributed by atoms with Crippen molar-refractivity contribution in [3.63, 3.8) is 0 Å². The van der Waals surface area contributed by atoms with Gasteiger partial charge >= 0.3 is 0 Å². The molecule has 1 aliphatic rings. The first-order valence-electron chi connectivity index (χ1n) is 5.07. The highest BCUT2D eigenvalue weighted by atomic mass is 16.6. The van der Waals surface area contributed by atoms with Gasteiger partial charge in [0.05, 0.1) is 11.5 Å². The minimum atomic E-state index is -0.599. The van der Waals surface area contributed by atoms with Gasteiger partial charge in [0.2, 0.25) is 5.91 Å². The smallest absolute Gasteiger partial charge is 0.295 e. The summed E-state index contributed by atoms with van der Waals surface area (Å²) >= 11 is 0. The van der Waals surface area contributed by atoms with Crippen molar-refractivity contribution in [2.24, 2.45) is 5.73 Å². The van der Waals surface area contributed by atoms with Crippen LogP contribution in [-0.2, 0) is 11.3 Å². The summed E-state index contributed by atoms with van der Waals surface area (Å²) in [5, 5.41) is 10.6. The van der Waals surface area contributed by atoms with Crippen molar-refractivity contribution in [1.29, 1.82) is 0 Å². The second kappa shape index (κ2) is 4.25. The highest BCUT2D eigenvalue weighted by molar-refractivity contribution is 5.83. The molecule has 1 amide bonds. The van der Waals surface area contributed by atoms with E-state index < -0.39 is 4.92 Å². The van der Waals surface area contributed by atoms with Gasteiger partial charge in [-0.25, -0.2) is 0 Å². The Labute approximate surface area is 97.5 Å². The van der Waals surface area contributed by atoms with Gasteiger partial charge in [0, 0.05) is 0 Å². The lowest BCUT2D eigenvalue weighted by atomic mass is 10.2. The first-order valence-corrected chi connectivity index (χ1v) is 5.07. The number of hydrogen-bond donors (Lipinski definition) is 1. The number of nitrogens with zero attached hydrogens (tertiary/aromatic N) is 2. The molecule has 0 radical (unpaired) electrons. The number of hydrogen-bond acceptors (Lipinski definition) is 4. The summed E-state index contributed by atoms with van der Waals surface area (Å²) < 4.78 is 0. The minimum Gasteiger partial charge on any atom is -0.380 e. The van der Waals surface area contributed by atoms with E-state index in [1.165, 1.54) is 4.90 Å². The maximum absolute atomic E-state index is 11.6. The molecular formula is C11H11N3O3. The van der Waals surface area contributed by atoms with Gasteiger partial charge in [0.15, 0.2) is 5.82 Å². The topological polar surface area (TPSA) is 89.5 Å². The summed E-state index contributed by atoms with van der Waals surface area (Å²) in [6, 6.07) is 9.21. The highest BCUT2D eigenvalue weighted by Gasteiger charge is 2.35. The van der Waals surface area contributed by atoms with Gasteiger partial charge in [-0.15, -0.1) is 0 Å². The van der Waals surface area contributed by atoms with Gasteiger partial charge in [-0.05, 0) is 5.56 Å². The molecule has 88 valence electrons. The summed E-state index contributed by atoms with van der Waals surface area (Å²) in [6.45, 7) is 0.267. The Morgan fingerprint density at radius 3 is 2.53 bits per heavy atom.